The highest BCUT2D eigenvalue weighted by atomic mass is 79.9. The van der Waals surface area contributed by atoms with Gasteiger partial charge in [-0.2, -0.15) is 0 Å². The number of likely N-dealkylation sites (N-methyl/N-ethyl adjacent to an activating group) is 1. The lowest BCUT2D eigenvalue weighted by atomic mass is 10.2. The molecule has 0 aliphatic carbocycles. The lowest BCUT2D eigenvalue weighted by molar-refractivity contribution is -0.132. The Morgan fingerprint density at radius 2 is 1.95 bits per heavy atom. The van der Waals surface area contributed by atoms with Gasteiger partial charge in [-0.3, -0.25) is 9.69 Å². The summed E-state index contributed by atoms with van der Waals surface area (Å²) in [4.78, 5) is 16.1. The van der Waals surface area contributed by atoms with E-state index in [0.29, 0.717) is 18.7 Å². The Kier molecular flexibility index (Phi) is 6.18. The second-order valence-corrected chi connectivity index (χ2v) is 6.62. The summed E-state index contributed by atoms with van der Waals surface area (Å²) < 4.78 is 14.6. The summed E-state index contributed by atoms with van der Waals surface area (Å²) >= 11 is 3.35. The minimum Gasteiger partial charge on any atom is -0.342 e. The minimum atomic E-state index is -0.229. The Hall–Kier alpha value is -0.940. The number of carbonyl (C=O) groups is 1. The maximum atomic E-state index is 13.7. The number of hydrogen-bond donors (Lipinski definition) is 0. The van der Waals surface area contributed by atoms with E-state index in [2.05, 4.69) is 15.9 Å². The van der Waals surface area contributed by atoms with Crippen LogP contribution in [0.2, 0.25) is 0 Å². The average Bonchev–Trinajstić information content (AvgIpc) is 2.72. The first kappa shape index (κ1) is 16.4. The SMILES string of the molecule is CN(CC(=O)N1CCCCCC1)Cc1cc(Br)ccc1F. The highest BCUT2D eigenvalue weighted by Crippen LogP contribution is 2.17. The van der Waals surface area contributed by atoms with Gasteiger partial charge in [0.05, 0.1) is 6.54 Å². The van der Waals surface area contributed by atoms with Gasteiger partial charge >= 0.3 is 0 Å². The fraction of sp³-hybridized carbons (Fsp3) is 0.562. The first-order chi connectivity index (χ1) is 10.1. The monoisotopic (exact) mass is 356 g/mol. The topological polar surface area (TPSA) is 23.6 Å². The van der Waals surface area contributed by atoms with Crippen LogP contribution in [0.4, 0.5) is 4.39 Å². The zero-order chi connectivity index (χ0) is 15.2. The van der Waals surface area contributed by atoms with Gasteiger partial charge in [0.1, 0.15) is 5.82 Å². The smallest absolute Gasteiger partial charge is 0.236 e. The summed E-state index contributed by atoms with van der Waals surface area (Å²) in [5, 5.41) is 0. The van der Waals surface area contributed by atoms with Crippen LogP contribution in [0.5, 0.6) is 0 Å². The van der Waals surface area contributed by atoms with E-state index < -0.39 is 0 Å². The van der Waals surface area contributed by atoms with Crippen LogP contribution in [0, 0.1) is 5.82 Å². The minimum absolute atomic E-state index is 0.148. The molecule has 0 spiro atoms. The van der Waals surface area contributed by atoms with Gasteiger partial charge in [0.15, 0.2) is 0 Å². The molecule has 0 radical (unpaired) electrons. The van der Waals surface area contributed by atoms with Crippen molar-refractivity contribution in [2.45, 2.75) is 32.2 Å². The standard InChI is InChI=1S/C16H22BrFN2O/c1-19(11-13-10-14(17)6-7-15(13)18)12-16(21)20-8-4-2-3-5-9-20/h6-7,10H,2-5,8-9,11-12H2,1H3. The van der Waals surface area contributed by atoms with E-state index in [-0.39, 0.29) is 11.7 Å². The third-order valence-corrected chi connectivity index (χ3v) is 4.31. The number of amides is 1. The molecular weight excluding hydrogens is 335 g/mol. The summed E-state index contributed by atoms with van der Waals surface area (Å²) in [5.41, 5.74) is 0.607. The molecule has 1 fully saturated rings. The summed E-state index contributed by atoms with van der Waals surface area (Å²) in [6.07, 6.45) is 4.61. The van der Waals surface area contributed by atoms with Crippen LogP contribution < -0.4 is 0 Å². The quantitative estimate of drug-likeness (QED) is 0.825. The number of halogens is 2. The summed E-state index contributed by atoms with van der Waals surface area (Å²) in [5.74, 6) is -0.0814. The molecule has 1 aliphatic rings. The number of benzene rings is 1. The van der Waals surface area contributed by atoms with Crippen molar-refractivity contribution in [2.24, 2.45) is 0 Å². The van der Waals surface area contributed by atoms with Crippen molar-refractivity contribution in [3.8, 4) is 0 Å². The fourth-order valence-corrected chi connectivity index (χ4v) is 3.07. The molecule has 1 saturated heterocycles. The maximum Gasteiger partial charge on any atom is 0.236 e. The van der Waals surface area contributed by atoms with Crippen LogP contribution in [0.1, 0.15) is 31.2 Å². The zero-order valence-corrected chi connectivity index (χ0v) is 14.0. The van der Waals surface area contributed by atoms with Crippen LogP contribution in [0.3, 0.4) is 0 Å². The Labute approximate surface area is 134 Å². The Balaban J connectivity index is 1.89. The summed E-state index contributed by atoms with van der Waals surface area (Å²) in [7, 11) is 1.86. The van der Waals surface area contributed by atoms with E-state index in [1.165, 1.54) is 18.9 Å². The third-order valence-electron chi connectivity index (χ3n) is 3.81. The Bertz CT molecular complexity index is 487. The maximum absolute atomic E-state index is 13.7. The first-order valence-electron chi connectivity index (χ1n) is 7.46. The normalized spacial score (nSPS) is 16.1. The fourth-order valence-electron chi connectivity index (χ4n) is 2.66. The van der Waals surface area contributed by atoms with Gasteiger partial charge in [0.2, 0.25) is 5.91 Å². The molecule has 0 bridgehead atoms. The molecule has 0 unspecified atom stereocenters. The molecule has 1 heterocycles. The highest BCUT2D eigenvalue weighted by Gasteiger charge is 2.17. The third kappa shape index (κ3) is 5.08. The molecule has 21 heavy (non-hydrogen) atoms. The van der Waals surface area contributed by atoms with E-state index in [1.54, 1.807) is 12.1 Å². The van der Waals surface area contributed by atoms with Crippen LogP contribution >= 0.6 is 15.9 Å². The predicted octanol–water partition coefficient (Wildman–Crippen LogP) is 3.42. The molecule has 116 valence electrons. The second-order valence-electron chi connectivity index (χ2n) is 5.70. The van der Waals surface area contributed by atoms with Gasteiger partial charge in [-0.15, -0.1) is 0 Å². The number of nitrogens with zero attached hydrogens (tertiary/aromatic N) is 2. The lowest BCUT2D eigenvalue weighted by Gasteiger charge is -2.24. The molecule has 3 nitrogen and oxygen atoms in total. The van der Waals surface area contributed by atoms with Crippen molar-refractivity contribution in [3.63, 3.8) is 0 Å². The van der Waals surface area contributed by atoms with Crippen molar-refractivity contribution >= 4 is 21.8 Å². The van der Waals surface area contributed by atoms with E-state index >= 15 is 0 Å². The predicted molar refractivity (Wildman–Crippen MR) is 85.5 cm³/mol. The second kappa shape index (κ2) is 7.90. The van der Waals surface area contributed by atoms with Crippen LogP contribution in [-0.4, -0.2) is 42.4 Å². The number of likely N-dealkylation sites (tertiary alicyclic amines) is 1. The molecule has 0 saturated carbocycles. The molecule has 1 aromatic rings. The van der Waals surface area contributed by atoms with Gasteiger partial charge in [0.25, 0.3) is 0 Å². The Morgan fingerprint density at radius 1 is 1.29 bits per heavy atom. The van der Waals surface area contributed by atoms with Gasteiger partial charge in [-0.05, 0) is 38.1 Å². The van der Waals surface area contributed by atoms with Gasteiger partial charge < -0.3 is 4.90 Å². The van der Waals surface area contributed by atoms with Crippen molar-refractivity contribution in [1.29, 1.82) is 0 Å². The van der Waals surface area contributed by atoms with E-state index in [0.717, 1.165) is 30.4 Å². The molecule has 1 aromatic carbocycles. The number of carbonyl (C=O) groups excluding carboxylic acids is 1. The molecule has 1 amide bonds. The van der Waals surface area contributed by atoms with Gasteiger partial charge in [-0.25, -0.2) is 4.39 Å². The molecule has 2 rings (SSSR count). The van der Waals surface area contributed by atoms with Crippen molar-refractivity contribution < 1.29 is 9.18 Å². The first-order valence-corrected chi connectivity index (χ1v) is 8.26. The van der Waals surface area contributed by atoms with Crippen LogP contribution in [0.25, 0.3) is 0 Å². The summed E-state index contributed by atoms with van der Waals surface area (Å²) in [6, 6.07) is 4.90. The molecule has 5 heteroatoms. The average molecular weight is 357 g/mol. The van der Waals surface area contributed by atoms with Crippen molar-refractivity contribution in [3.05, 3.63) is 34.1 Å². The summed E-state index contributed by atoms with van der Waals surface area (Å²) in [6.45, 7) is 2.49. The molecule has 1 aliphatic heterocycles. The highest BCUT2D eigenvalue weighted by molar-refractivity contribution is 9.10. The molecular formula is C16H22BrFN2O. The molecule has 0 N–H and O–H groups in total. The zero-order valence-electron chi connectivity index (χ0n) is 12.4. The van der Waals surface area contributed by atoms with Crippen molar-refractivity contribution in [1.82, 2.24) is 9.80 Å². The van der Waals surface area contributed by atoms with Gasteiger partial charge in [0, 0.05) is 29.7 Å². The molecule has 0 atom stereocenters. The number of hydrogen-bond acceptors (Lipinski definition) is 2. The largest absolute Gasteiger partial charge is 0.342 e. The molecule has 0 aromatic heterocycles. The van der Waals surface area contributed by atoms with Gasteiger partial charge in [-0.1, -0.05) is 28.8 Å². The van der Waals surface area contributed by atoms with E-state index in [9.17, 15) is 9.18 Å². The Morgan fingerprint density at radius 3 is 2.62 bits per heavy atom. The lowest BCUT2D eigenvalue weighted by Crippen LogP contribution is -2.39. The number of rotatable bonds is 4. The van der Waals surface area contributed by atoms with E-state index in [4.69, 9.17) is 0 Å². The van der Waals surface area contributed by atoms with Crippen LogP contribution in [-0.2, 0) is 11.3 Å². The van der Waals surface area contributed by atoms with Crippen LogP contribution in [0.15, 0.2) is 22.7 Å². The van der Waals surface area contributed by atoms with E-state index in [1.807, 2.05) is 16.8 Å². The van der Waals surface area contributed by atoms with Crippen molar-refractivity contribution in [2.75, 3.05) is 26.7 Å².